The molecular formula is C13H18N4S2. The zero-order valence-corrected chi connectivity index (χ0v) is 12.9. The number of aryl methyl sites for hydroxylation is 1. The van der Waals surface area contributed by atoms with Gasteiger partial charge in [-0.15, -0.1) is 11.3 Å². The fourth-order valence-electron chi connectivity index (χ4n) is 2.34. The largest absolute Gasteiger partial charge is 0.357 e. The van der Waals surface area contributed by atoms with Crippen LogP contribution >= 0.6 is 23.1 Å². The lowest BCUT2D eigenvalue weighted by atomic mass is 10.3. The van der Waals surface area contributed by atoms with Gasteiger partial charge in [-0.1, -0.05) is 0 Å². The van der Waals surface area contributed by atoms with Crippen molar-refractivity contribution in [2.45, 2.75) is 13.3 Å². The van der Waals surface area contributed by atoms with Gasteiger partial charge in [0.1, 0.15) is 10.6 Å². The van der Waals surface area contributed by atoms with E-state index in [1.165, 1.54) is 28.2 Å². The van der Waals surface area contributed by atoms with Gasteiger partial charge in [-0.25, -0.2) is 4.98 Å². The number of thioether (sulfide) groups is 1. The fraction of sp³-hybridized carbons (Fsp3) is 0.538. The molecule has 0 radical (unpaired) electrons. The third-order valence-electron chi connectivity index (χ3n) is 3.24. The summed E-state index contributed by atoms with van der Waals surface area (Å²) in [5.74, 6) is 4.26. The van der Waals surface area contributed by atoms with Crippen molar-refractivity contribution in [1.82, 2.24) is 9.97 Å². The highest BCUT2D eigenvalue weighted by atomic mass is 32.2. The number of thiophene rings is 1. The second-order valence-electron chi connectivity index (χ2n) is 4.65. The first-order valence-electron chi connectivity index (χ1n) is 6.56. The van der Waals surface area contributed by atoms with Crippen molar-refractivity contribution in [2.24, 2.45) is 0 Å². The summed E-state index contributed by atoms with van der Waals surface area (Å²) in [6, 6.07) is 2.22. The Bertz CT molecular complexity index is 573. The lowest BCUT2D eigenvalue weighted by Gasteiger charge is -2.22. The van der Waals surface area contributed by atoms with Gasteiger partial charge in [-0.2, -0.15) is 16.7 Å². The molecule has 1 N–H and O–H groups in total. The van der Waals surface area contributed by atoms with Gasteiger partial charge in [0.2, 0.25) is 5.95 Å². The van der Waals surface area contributed by atoms with Crippen molar-refractivity contribution in [3.8, 4) is 0 Å². The fourth-order valence-corrected chi connectivity index (χ4v) is 4.10. The van der Waals surface area contributed by atoms with E-state index in [9.17, 15) is 0 Å². The number of aromatic nitrogens is 2. The molecule has 1 saturated heterocycles. The Morgan fingerprint density at radius 3 is 3.00 bits per heavy atom. The SMILES string of the molecule is CNc1nc(N2CCCSCC2)c2cc(C)sc2n1. The van der Waals surface area contributed by atoms with Gasteiger partial charge in [0.25, 0.3) is 0 Å². The maximum atomic E-state index is 4.70. The molecule has 0 aliphatic carbocycles. The van der Waals surface area contributed by atoms with Crippen LogP contribution in [0.1, 0.15) is 11.3 Å². The third-order valence-corrected chi connectivity index (χ3v) is 5.23. The van der Waals surface area contributed by atoms with E-state index >= 15 is 0 Å². The van der Waals surface area contributed by atoms with Crippen LogP contribution in [0.5, 0.6) is 0 Å². The van der Waals surface area contributed by atoms with Gasteiger partial charge in [-0.3, -0.25) is 0 Å². The molecule has 102 valence electrons. The quantitative estimate of drug-likeness (QED) is 0.922. The molecule has 1 fully saturated rings. The Morgan fingerprint density at radius 2 is 2.16 bits per heavy atom. The third kappa shape index (κ3) is 2.65. The molecule has 0 amide bonds. The number of fused-ring (bicyclic) bond motifs is 1. The summed E-state index contributed by atoms with van der Waals surface area (Å²) in [4.78, 5) is 14.1. The van der Waals surface area contributed by atoms with Crippen LogP contribution < -0.4 is 10.2 Å². The summed E-state index contributed by atoms with van der Waals surface area (Å²) in [5, 5.41) is 4.28. The second kappa shape index (κ2) is 5.54. The smallest absolute Gasteiger partial charge is 0.225 e. The molecule has 0 aromatic carbocycles. The molecule has 0 unspecified atom stereocenters. The molecule has 2 aromatic heterocycles. The molecule has 1 aliphatic rings. The monoisotopic (exact) mass is 294 g/mol. The minimum atomic E-state index is 0.723. The molecular weight excluding hydrogens is 276 g/mol. The normalized spacial score (nSPS) is 16.6. The highest BCUT2D eigenvalue weighted by molar-refractivity contribution is 7.99. The number of hydrogen-bond donors (Lipinski definition) is 1. The zero-order chi connectivity index (χ0) is 13.2. The predicted molar refractivity (Wildman–Crippen MR) is 85.9 cm³/mol. The maximum Gasteiger partial charge on any atom is 0.225 e. The Balaban J connectivity index is 2.08. The first-order chi connectivity index (χ1) is 9.28. The molecule has 0 atom stereocenters. The Morgan fingerprint density at radius 1 is 1.26 bits per heavy atom. The summed E-state index contributed by atoms with van der Waals surface area (Å²) in [5.41, 5.74) is 0. The van der Waals surface area contributed by atoms with Crippen molar-refractivity contribution in [3.05, 3.63) is 10.9 Å². The Kier molecular flexibility index (Phi) is 3.79. The first-order valence-corrected chi connectivity index (χ1v) is 8.53. The summed E-state index contributed by atoms with van der Waals surface area (Å²) in [6.45, 7) is 4.31. The molecule has 4 nitrogen and oxygen atoms in total. The molecule has 6 heteroatoms. The first kappa shape index (κ1) is 13.0. The minimum Gasteiger partial charge on any atom is -0.357 e. The van der Waals surface area contributed by atoms with Gasteiger partial charge in [0.15, 0.2) is 0 Å². The van der Waals surface area contributed by atoms with Crippen LogP contribution in [-0.4, -0.2) is 41.6 Å². The van der Waals surface area contributed by atoms with E-state index in [-0.39, 0.29) is 0 Å². The maximum absolute atomic E-state index is 4.70. The van der Waals surface area contributed by atoms with Crippen molar-refractivity contribution in [1.29, 1.82) is 0 Å². The van der Waals surface area contributed by atoms with Crippen LogP contribution in [0.15, 0.2) is 6.07 Å². The van der Waals surface area contributed by atoms with Crippen LogP contribution in [0.25, 0.3) is 10.2 Å². The summed E-state index contributed by atoms with van der Waals surface area (Å²) in [6.07, 6.45) is 1.23. The van der Waals surface area contributed by atoms with E-state index in [1.807, 2.05) is 18.8 Å². The minimum absolute atomic E-state index is 0.723. The van der Waals surface area contributed by atoms with E-state index in [4.69, 9.17) is 4.98 Å². The summed E-state index contributed by atoms with van der Waals surface area (Å²) < 4.78 is 0. The Labute approximate surface area is 121 Å². The molecule has 0 bridgehead atoms. The van der Waals surface area contributed by atoms with Gasteiger partial charge in [-0.05, 0) is 25.2 Å². The van der Waals surface area contributed by atoms with Crippen LogP contribution in [0.2, 0.25) is 0 Å². The molecule has 1 aliphatic heterocycles. The van der Waals surface area contributed by atoms with Crippen molar-refractivity contribution < 1.29 is 0 Å². The van der Waals surface area contributed by atoms with E-state index < -0.39 is 0 Å². The van der Waals surface area contributed by atoms with Gasteiger partial charge >= 0.3 is 0 Å². The number of nitrogens with one attached hydrogen (secondary N) is 1. The topological polar surface area (TPSA) is 41.1 Å². The number of anilines is 2. The van der Waals surface area contributed by atoms with Crippen molar-refractivity contribution in [2.75, 3.05) is 41.9 Å². The standard InChI is InChI=1S/C13H18N4S2/c1-9-8-10-11(17-4-3-6-18-7-5-17)15-13(14-2)16-12(10)19-9/h8H,3-7H2,1-2H3,(H,14,15,16). The molecule has 3 rings (SSSR count). The average Bonchev–Trinajstić information content (AvgIpc) is 2.64. The van der Waals surface area contributed by atoms with Crippen molar-refractivity contribution >= 4 is 45.1 Å². The zero-order valence-electron chi connectivity index (χ0n) is 11.3. The number of hydrogen-bond acceptors (Lipinski definition) is 6. The van der Waals surface area contributed by atoms with Gasteiger partial charge < -0.3 is 10.2 Å². The molecule has 3 heterocycles. The molecule has 0 spiro atoms. The van der Waals surface area contributed by atoms with Crippen LogP contribution in [0, 0.1) is 6.92 Å². The highest BCUT2D eigenvalue weighted by Gasteiger charge is 2.17. The van der Waals surface area contributed by atoms with Crippen LogP contribution in [-0.2, 0) is 0 Å². The highest BCUT2D eigenvalue weighted by Crippen LogP contribution is 2.32. The molecule has 19 heavy (non-hydrogen) atoms. The van der Waals surface area contributed by atoms with E-state index in [1.54, 1.807) is 11.3 Å². The average molecular weight is 294 g/mol. The summed E-state index contributed by atoms with van der Waals surface area (Å²) >= 11 is 3.78. The second-order valence-corrected chi connectivity index (χ2v) is 7.11. The van der Waals surface area contributed by atoms with Gasteiger partial charge in [0, 0.05) is 30.8 Å². The lowest BCUT2D eigenvalue weighted by molar-refractivity contribution is 0.805. The van der Waals surface area contributed by atoms with Gasteiger partial charge in [0.05, 0.1) is 5.39 Å². The predicted octanol–water partition coefficient (Wildman–Crippen LogP) is 2.98. The van der Waals surface area contributed by atoms with Crippen LogP contribution in [0.4, 0.5) is 11.8 Å². The molecule has 0 saturated carbocycles. The number of rotatable bonds is 2. The van der Waals surface area contributed by atoms with Crippen LogP contribution in [0.3, 0.4) is 0 Å². The van der Waals surface area contributed by atoms with E-state index in [0.717, 1.165) is 29.7 Å². The van der Waals surface area contributed by atoms with E-state index in [0.29, 0.717) is 0 Å². The Hall–Kier alpha value is -1.01. The molecule has 2 aromatic rings. The lowest BCUT2D eigenvalue weighted by Crippen LogP contribution is -2.26. The summed E-state index contributed by atoms with van der Waals surface area (Å²) in [7, 11) is 1.88. The number of nitrogens with zero attached hydrogens (tertiary/aromatic N) is 3. The van der Waals surface area contributed by atoms with E-state index in [2.05, 4.69) is 28.2 Å². The van der Waals surface area contributed by atoms with Crippen molar-refractivity contribution in [3.63, 3.8) is 0 Å².